The van der Waals surface area contributed by atoms with Crippen molar-refractivity contribution in [1.29, 1.82) is 0 Å². The van der Waals surface area contributed by atoms with Crippen molar-refractivity contribution in [3.05, 3.63) is 41.6 Å². The fourth-order valence-corrected chi connectivity index (χ4v) is 5.18. The van der Waals surface area contributed by atoms with E-state index in [1.54, 1.807) is 0 Å². The van der Waals surface area contributed by atoms with Gasteiger partial charge in [0, 0.05) is 30.1 Å². The summed E-state index contributed by atoms with van der Waals surface area (Å²) in [6.07, 6.45) is 0.728. The Kier molecular flexibility index (Phi) is 3.49. The number of pyridine rings is 1. The van der Waals surface area contributed by atoms with Gasteiger partial charge in [0.05, 0.1) is 5.52 Å². The molecule has 3 heterocycles. The molecule has 4 rings (SSSR count). The van der Waals surface area contributed by atoms with Crippen LogP contribution in [0.5, 0.6) is 0 Å². The number of piperidine rings is 1. The number of fused-ring (bicyclic) bond motifs is 3. The van der Waals surface area contributed by atoms with Gasteiger partial charge < -0.3 is 5.11 Å². The zero-order valence-corrected chi connectivity index (χ0v) is 15.4. The lowest BCUT2D eigenvalue weighted by Gasteiger charge is -2.47. The molecule has 1 aromatic heterocycles. The molecule has 0 radical (unpaired) electrons. The molecule has 0 spiro atoms. The Morgan fingerprint density at radius 2 is 2.00 bits per heavy atom. The molecule has 132 valence electrons. The van der Waals surface area contributed by atoms with Crippen LogP contribution in [0.15, 0.2) is 30.3 Å². The van der Waals surface area contributed by atoms with Gasteiger partial charge >= 0.3 is 5.97 Å². The van der Waals surface area contributed by atoms with Gasteiger partial charge in [-0.15, -0.1) is 0 Å². The summed E-state index contributed by atoms with van der Waals surface area (Å²) in [4.78, 5) is 19.1. The summed E-state index contributed by atoms with van der Waals surface area (Å²) in [5, 5.41) is 11.2. The Balaban J connectivity index is 1.73. The minimum Gasteiger partial charge on any atom is -0.480 e. The highest BCUT2D eigenvalue weighted by molar-refractivity contribution is 5.84. The predicted molar refractivity (Wildman–Crippen MR) is 98.7 cm³/mol. The summed E-state index contributed by atoms with van der Waals surface area (Å²) in [6.45, 7) is 9.88. The van der Waals surface area contributed by atoms with E-state index in [4.69, 9.17) is 0 Å². The molecule has 2 fully saturated rings. The van der Waals surface area contributed by atoms with Crippen molar-refractivity contribution in [2.75, 3.05) is 13.1 Å². The summed E-state index contributed by atoms with van der Waals surface area (Å²) in [7, 11) is 0. The Bertz CT molecular complexity index is 855. The molecule has 4 nitrogen and oxygen atoms in total. The molecule has 2 bridgehead atoms. The topological polar surface area (TPSA) is 53.4 Å². The van der Waals surface area contributed by atoms with E-state index in [-0.39, 0.29) is 5.41 Å². The lowest BCUT2D eigenvalue weighted by Crippen LogP contribution is -2.60. The van der Waals surface area contributed by atoms with Crippen LogP contribution in [0.1, 0.15) is 44.4 Å². The molecule has 2 aliphatic heterocycles. The van der Waals surface area contributed by atoms with Crippen LogP contribution in [-0.4, -0.2) is 39.6 Å². The van der Waals surface area contributed by atoms with E-state index in [0.29, 0.717) is 11.8 Å². The molecule has 2 unspecified atom stereocenters. The predicted octanol–water partition coefficient (Wildman–Crippen LogP) is 3.83. The molecule has 2 saturated heterocycles. The standard InChI is InChI=1S/C21H26N2O2/c1-13-8-9-16-15(6-5-7-18(16)22-13)17-12-23-11-14(17)10-21(23,19(24)25)20(2,3)4/h5-9,14,17H,10-12H2,1-4H3,(H,24,25)/t14-,17?,21?/m1/s1. The maximum Gasteiger partial charge on any atom is 0.324 e. The molecular formula is C21H26N2O2. The van der Waals surface area contributed by atoms with E-state index in [9.17, 15) is 9.90 Å². The smallest absolute Gasteiger partial charge is 0.324 e. The Morgan fingerprint density at radius 1 is 1.24 bits per heavy atom. The molecule has 0 amide bonds. The molecule has 1 N–H and O–H groups in total. The van der Waals surface area contributed by atoms with Gasteiger partial charge in [-0.3, -0.25) is 14.7 Å². The van der Waals surface area contributed by atoms with Crippen LogP contribution in [0.4, 0.5) is 0 Å². The number of aromatic nitrogens is 1. The third-order valence-electron chi connectivity index (χ3n) is 6.44. The van der Waals surface area contributed by atoms with E-state index >= 15 is 0 Å². The molecule has 2 aliphatic rings. The van der Waals surface area contributed by atoms with Crippen LogP contribution in [0, 0.1) is 18.3 Å². The number of hydrogen-bond acceptors (Lipinski definition) is 3. The highest BCUT2D eigenvalue weighted by atomic mass is 16.4. The van der Waals surface area contributed by atoms with E-state index in [1.165, 1.54) is 10.9 Å². The second-order valence-electron chi connectivity index (χ2n) is 8.76. The average Bonchev–Trinajstić information content (AvgIpc) is 3.11. The molecule has 25 heavy (non-hydrogen) atoms. The molecule has 0 saturated carbocycles. The maximum atomic E-state index is 12.2. The van der Waals surface area contributed by atoms with Gasteiger partial charge in [0.1, 0.15) is 5.54 Å². The van der Waals surface area contributed by atoms with Gasteiger partial charge in [-0.05, 0) is 42.4 Å². The van der Waals surface area contributed by atoms with Crippen molar-refractivity contribution in [3.8, 4) is 0 Å². The summed E-state index contributed by atoms with van der Waals surface area (Å²) >= 11 is 0. The van der Waals surface area contributed by atoms with Crippen LogP contribution >= 0.6 is 0 Å². The molecular weight excluding hydrogens is 312 g/mol. The van der Waals surface area contributed by atoms with Gasteiger partial charge in [0.25, 0.3) is 0 Å². The molecule has 4 atom stereocenters. The first-order chi connectivity index (χ1) is 11.7. The summed E-state index contributed by atoms with van der Waals surface area (Å²) in [6, 6.07) is 10.6. The zero-order valence-electron chi connectivity index (χ0n) is 15.4. The van der Waals surface area contributed by atoms with E-state index in [1.807, 2.05) is 6.92 Å². The van der Waals surface area contributed by atoms with Gasteiger partial charge in [0.15, 0.2) is 0 Å². The fourth-order valence-electron chi connectivity index (χ4n) is 5.18. The number of aliphatic carboxylic acids is 1. The summed E-state index contributed by atoms with van der Waals surface area (Å²) in [5.74, 6) is 0.112. The Hall–Kier alpha value is -1.94. The minimum atomic E-state index is -0.742. The molecule has 4 heteroatoms. The molecule has 0 aliphatic carbocycles. The monoisotopic (exact) mass is 338 g/mol. The van der Waals surface area contributed by atoms with Crippen molar-refractivity contribution in [1.82, 2.24) is 9.88 Å². The van der Waals surface area contributed by atoms with Gasteiger partial charge in [-0.2, -0.15) is 0 Å². The number of carboxylic acids is 1. The normalized spacial score (nSPS) is 31.6. The highest BCUT2D eigenvalue weighted by Gasteiger charge is 2.63. The van der Waals surface area contributed by atoms with Crippen LogP contribution in [-0.2, 0) is 4.79 Å². The SMILES string of the molecule is Cc1ccc2c(C3C[N@]4C[C@H]3CC4(C(=O)O)C(C)(C)C)cccc2n1. The van der Waals surface area contributed by atoms with E-state index in [0.717, 1.165) is 30.7 Å². The highest BCUT2D eigenvalue weighted by Crippen LogP contribution is 2.55. The van der Waals surface area contributed by atoms with Crippen molar-refractivity contribution >= 4 is 16.9 Å². The molecule has 1 aromatic carbocycles. The molecule has 2 aromatic rings. The van der Waals surface area contributed by atoms with Crippen molar-refractivity contribution in [2.45, 2.75) is 45.6 Å². The first kappa shape index (κ1) is 16.5. The number of hydrogen-bond donors (Lipinski definition) is 1. The third-order valence-corrected chi connectivity index (χ3v) is 6.44. The van der Waals surface area contributed by atoms with Crippen LogP contribution in [0.3, 0.4) is 0 Å². The quantitative estimate of drug-likeness (QED) is 0.904. The number of nitrogens with zero attached hydrogens (tertiary/aromatic N) is 2. The van der Waals surface area contributed by atoms with Gasteiger partial charge in [-0.1, -0.05) is 39.0 Å². The lowest BCUT2D eigenvalue weighted by atomic mass is 9.66. The van der Waals surface area contributed by atoms with Crippen LogP contribution in [0.25, 0.3) is 10.9 Å². The number of rotatable bonds is 2. The van der Waals surface area contributed by atoms with Crippen molar-refractivity contribution < 1.29 is 9.90 Å². The number of carboxylic acid groups (broad SMARTS) is 1. The van der Waals surface area contributed by atoms with E-state index < -0.39 is 11.5 Å². The zero-order chi connectivity index (χ0) is 18.0. The van der Waals surface area contributed by atoms with Gasteiger partial charge in [-0.25, -0.2) is 0 Å². The van der Waals surface area contributed by atoms with Crippen LogP contribution in [0.2, 0.25) is 0 Å². The minimum absolute atomic E-state index is 0.282. The van der Waals surface area contributed by atoms with Crippen molar-refractivity contribution in [3.63, 3.8) is 0 Å². The number of carbonyl (C=O) groups is 1. The largest absolute Gasteiger partial charge is 0.480 e. The first-order valence-corrected chi connectivity index (χ1v) is 9.09. The lowest BCUT2D eigenvalue weighted by molar-refractivity contribution is -0.158. The first-order valence-electron chi connectivity index (χ1n) is 9.09. The fraction of sp³-hybridized carbons (Fsp3) is 0.524. The average molecular weight is 338 g/mol. The Labute approximate surface area is 148 Å². The number of aryl methyl sites for hydroxylation is 1. The maximum absolute atomic E-state index is 12.2. The summed E-state index contributed by atoms with van der Waals surface area (Å²) in [5.41, 5.74) is 2.36. The van der Waals surface area contributed by atoms with Crippen LogP contribution < -0.4 is 0 Å². The van der Waals surface area contributed by atoms with Crippen molar-refractivity contribution in [2.24, 2.45) is 11.3 Å². The number of benzene rings is 1. The second-order valence-corrected chi connectivity index (χ2v) is 8.76. The second kappa shape index (κ2) is 5.28. The Morgan fingerprint density at radius 3 is 2.60 bits per heavy atom. The van der Waals surface area contributed by atoms with E-state index in [2.05, 4.69) is 61.0 Å². The third kappa shape index (κ3) is 2.23. The van der Waals surface area contributed by atoms with Gasteiger partial charge in [0.2, 0.25) is 0 Å². The summed E-state index contributed by atoms with van der Waals surface area (Å²) < 4.78 is 0.